The van der Waals surface area contributed by atoms with Crippen LogP contribution < -0.4 is 5.32 Å². The average molecular weight is 334 g/mol. The number of nitrogens with zero attached hydrogens (tertiary/aromatic N) is 2. The molecular weight excluding hydrogens is 316 g/mol. The van der Waals surface area contributed by atoms with Gasteiger partial charge in [0.15, 0.2) is 5.82 Å². The van der Waals surface area contributed by atoms with Crippen LogP contribution in [0.2, 0.25) is 0 Å². The Bertz CT molecular complexity index is 821. The van der Waals surface area contributed by atoms with Gasteiger partial charge in [-0.05, 0) is 37.1 Å². The number of aromatic nitrogens is 2. The Morgan fingerprint density at radius 2 is 1.91 bits per heavy atom. The van der Waals surface area contributed by atoms with E-state index in [1.54, 1.807) is 0 Å². The Hall–Kier alpha value is -2.19. The Morgan fingerprint density at radius 3 is 2.48 bits per heavy atom. The van der Waals surface area contributed by atoms with Gasteiger partial charge in [0.1, 0.15) is 0 Å². The van der Waals surface area contributed by atoms with Gasteiger partial charge >= 0.3 is 0 Å². The number of hydrogen-bond acceptors (Lipinski definition) is 4. The van der Waals surface area contributed by atoms with Crippen LogP contribution in [0.25, 0.3) is 0 Å². The van der Waals surface area contributed by atoms with Gasteiger partial charge in [0.25, 0.3) is 5.91 Å². The predicted molar refractivity (Wildman–Crippen MR) is 85.8 cm³/mol. The number of carbonyl (C=O) groups is 1. The third-order valence-corrected chi connectivity index (χ3v) is 5.58. The SMILES string of the molecule is CN(C)S(=O)(=O)c1ccc(C(=O)Nc2cc(C3CC3)[nH]n2)cc1. The van der Waals surface area contributed by atoms with Crippen molar-refractivity contribution in [2.45, 2.75) is 23.7 Å². The van der Waals surface area contributed by atoms with Crippen LogP contribution in [-0.4, -0.2) is 42.9 Å². The Balaban J connectivity index is 1.72. The molecule has 1 aromatic carbocycles. The number of anilines is 1. The van der Waals surface area contributed by atoms with Crippen molar-refractivity contribution in [3.05, 3.63) is 41.6 Å². The highest BCUT2D eigenvalue weighted by Crippen LogP contribution is 2.39. The maximum Gasteiger partial charge on any atom is 0.256 e. The Morgan fingerprint density at radius 1 is 1.26 bits per heavy atom. The van der Waals surface area contributed by atoms with Crippen molar-refractivity contribution < 1.29 is 13.2 Å². The molecule has 1 heterocycles. The molecule has 122 valence electrons. The number of carbonyl (C=O) groups excluding carboxylic acids is 1. The number of H-pyrrole nitrogens is 1. The van der Waals surface area contributed by atoms with E-state index in [1.807, 2.05) is 6.07 Å². The van der Waals surface area contributed by atoms with E-state index in [9.17, 15) is 13.2 Å². The fourth-order valence-corrected chi connectivity index (χ4v) is 3.08. The number of hydrogen-bond donors (Lipinski definition) is 2. The van der Waals surface area contributed by atoms with Gasteiger partial charge in [0.2, 0.25) is 10.0 Å². The minimum Gasteiger partial charge on any atom is -0.305 e. The van der Waals surface area contributed by atoms with Crippen molar-refractivity contribution in [1.82, 2.24) is 14.5 Å². The van der Waals surface area contributed by atoms with Gasteiger partial charge in [-0.2, -0.15) is 5.10 Å². The van der Waals surface area contributed by atoms with Crippen molar-refractivity contribution in [3.63, 3.8) is 0 Å². The molecule has 0 atom stereocenters. The third-order valence-electron chi connectivity index (χ3n) is 3.75. The summed E-state index contributed by atoms with van der Waals surface area (Å²) in [6, 6.07) is 7.65. The maximum atomic E-state index is 12.2. The van der Waals surface area contributed by atoms with Gasteiger partial charge in [-0.1, -0.05) is 0 Å². The number of rotatable bonds is 5. The lowest BCUT2D eigenvalue weighted by Gasteiger charge is -2.11. The van der Waals surface area contributed by atoms with Crippen molar-refractivity contribution in [1.29, 1.82) is 0 Å². The predicted octanol–water partition coefficient (Wildman–Crippen LogP) is 1.79. The molecule has 1 aliphatic rings. The molecule has 0 aliphatic heterocycles. The zero-order valence-electron chi connectivity index (χ0n) is 12.9. The first kappa shape index (κ1) is 15.7. The lowest BCUT2D eigenvalue weighted by molar-refractivity contribution is 0.102. The second-order valence-corrected chi connectivity index (χ2v) is 7.90. The van der Waals surface area contributed by atoms with E-state index < -0.39 is 10.0 Å². The summed E-state index contributed by atoms with van der Waals surface area (Å²) in [5.74, 6) is 0.679. The van der Waals surface area contributed by atoms with Crippen LogP contribution in [0.15, 0.2) is 35.2 Å². The molecule has 1 aliphatic carbocycles. The quantitative estimate of drug-likeness (QED) is 0.871. The number of benzene rings is 1. The van der Waals surface area contributed by atoms with Crippen molar-refractivity contribution in [3.8, 4) is 0 Å². The first-order valence-electron chi connectivity index (χ1n) is 7.27. The van der Waals surface area contributed by atoms with E-state index in [0.717, 1.165) is 22.8 Å². The van der Waals surface area contributed by atoms with Gasteiger partial charge in [-0.3, -0.25) is 9.89 Å². The van der Waals surface area contributed by atoms with Gasteiger partial charge in [-0.15, -0.1) is 0 Å². The summed E-state index contributed by atoms with van der Waals surface area (Å²) < 4.78 is 25.1. The first-order chi connectivity index (χ1) is 10.9. The second-order valence-electron chi connectivity index (χ2n) is 5.75. The lowest BCUT2D eigenvalue weighted by Crippen LogP contribution is -2.22. The van der Waals surface area contributed by atoms with Crippen LogP contribution >= 0.6 is 0 Å². The molecule has 2 N–H and O–H groups in total. The van der Waals surface area contributed by atoms with E-state index >= 15 is 0 Å². The Labute approximate surface area is 134 Å². The molecule has 1 fully saturated rings. The summed E-state index contributed by atoms with van der Waals surface area (Å²) in [5, 5.41) is 9.68. The first-order valence-corrected chi connectivity index (χ1v) is 8.71. The number of aromatic amines is 1. The molecule has 0 unspecified atom stereocenters. The normalized spacial score (nSPS) is 14.9. The third kappa shape index (κ3) is 3.27. The van der Waals surface area contributed by atoms with Crippen LogP contribution in [0.5, 0.6) is 0 Å². The standard InChI is InChI=1S/C15H18N4O3S/c1-19(2)23(21,22)12-7-5-11(6-8-12)15(20)16-14-9-13(17-18-14)10-3-4-10/h5-10H,3-4H2,1-2H3,(H2,16,17,18,20). The molecule has 7 nitrogen and oxygen atoms in total. The van der Waals surface area contributed by atoms with Gasteiger partial charge < -0.3 is 5.32 Å². The monoisotopic (exact) mass is 334 g/mol. The molecule has 8 heteroatoms. The molecule has 0 spiro atoms. The number of nitrogens with one attached hydrogen (secondary N) is 2. The largest absolute Gasteiger partial charge is 0.305 e. The second kappa shape index (κ2) is 5.78. The summed E-state index contributed by atoms with van der Waals surface area (Å²) in [6.45, 7) is 0. The fourth-order valence-electron chi connectivity index (χ4n) is 2.18. The van der Waals surface area contributed by atoms with Crippen LogP contribution in [-0.2, 0) is 10.0 Å². The molecule has 1 aromatic heterocycles. The molecule has 0 radical (unpaired) electrons. The average Bonchev–Trinajstić information content (AvgIpc) is 3.27. The van der Waals surface area contributed by atoms with Crippen LogP contribution in [0.4, 0.5) is 5.82 Å². The minimum absolute atomic E-state index is 0.148. The Kier molecular flexibility index (Phi) is 3.95. The van der Waals surface area contributed by atoms with Gasteiger partial charge in [0, 0.05) is 37.3 Å². The highest BCUT2D eigenvalue weighted by Gasteiger charge is 2.25. The highest BCUT2D eigenvalue weighted by atomic mass is 32.2. The van der Waals surface area contributed by atoms with Gasteiger partial charge in [0.05, 0.1) is 4.90 Å². The van der Waals surface area contributed by atoms with Crippen LogP contribution in [0.3, 0.4) is 0 Å². The fraction of sp³-hybridized carbons (Fsp3) is 0.333. The highest BCUT2D eigenvalue weighted by molar-refractivity contribution is 7.89. The summed E-state index contributed by atoms with van der Waals surface area (Å²) in [5.41, 5.74) is 1.41. The summed E-state index contributed by atoms with van der Waals surface area (Å²) in [4.78, 5) is 12.3. The van der Waals surface area contributed by atoms with Crippen molar-refractivity contribution in [2.75, 3.05) is 19.4 Å². The minimum atomic E-state index is -3.49. The molecule has 1 saturated carbocycles. The topological polar surface area (TPSA) is 95.2 Å². The smallest absolute Gasteiger partial charge is 0.256 e. The molecule has 3 rings (SSSR count). The zero-order chi connectivity index (χ0) is 16.6. The van der Waals surface area contributed by atoms with Crippen molar-refractivity contribution >= 4 is 21.7 Å². The number of amides is 1. The molecule has 1 amide bonds. The van der Waals surface area contributed by atoms with E-state index in [2.05, 4.69) is 15.5 Å². The molecule has 2 aromatic rings. The van der Waals surface area contributed by atoms with Crippen LogP contribution in [0.1, 0.15) is 34.8 Å². The summed E-state index contributed by atoms with van der Waals surface area (Å²) in [7, 11) is -0.567. The van der Waals surface area contributed by atoms with E-state index in [-0.39, 0.29) is 10.8 Å². The summed E-state index contributed by atoms with van der Waals surface area (Å²) in [6.07, 6.45) is 2.30. The van der Waals surface area contributed by atoms with E-state index in [4.69, 9.17) is 0 Å². The zero-order valence-corrected chi connectivity index (χ0v) is 13.7. The van der Waals surface area contributed by atoms with E-state index in [1.165, 1.54) is 38.4 Å². The summed E-state index contributed by atoms with van der Waals surface area (Å²) >= 11 is 0. The molecular formula is C15H18N4O3S. The molecule has 0 bridgehead atoms. The van der Waals surface area contributed by atoms with Crippen molar-refractivity contribution in [2.24, 2.45) is 0 Å². The van der Waals surface area contributed by atoms with E-state index in [0.29, 0.717) is 17.3 Å². The van der Waals surface area contributed by atoms with Crippen LogP contribution in [0, 0.1) is 0 Å². The number of sulfonamides is 1. The lowest BCUT2D eigenvalue weighted by atomic mass is 10.2. The van der Waals surface area contributed by atoms with Gasteiger partial charge in [-0.25, -0.2) is 12.7 Å². The molecule has 23 heavy (non-hydrogen) atoms. The molecule has 0 saturated heterocycles. The maximum absolute atomic E-state index is 12.2.